The van der Waals surface area contributed by atoms with Crippen molar-refractivity contribution in [2.24, 2.45) is 5.92 Å². The van der Waals surface area contributed by atoms with Gasteiger partial charge in [0.15, 0.2) is 5.82 Å². The van der Waals surface area contributed by atoms with Gasteiger partial charge in [0.1, 0.15) is 23.9 Å². The van der Waals surface area contributed by atoms with Gasteiger partial charge in [-0.2, -0.15) is 0 Å². The number of carbonyl (C=O) groups is 1. The molecular formula is C25H27F2N5O3S. The van der Waals surface area contributed by atoms with Crippen molar-refractivity contribution in [2.45, 2.75) is 42.8 Å². The third kappa shape index (κ3) is 5.75. The Balaban J connectivity index is 1.06. The van der Waals surface area contributed by atoms with E-state index < -0.39 is 17.7 Å². The van der Waals surface area contributed by atoms with Gasteiger partial charge in [0.2, 0.25) is 5.91 Å². The second kappa shape index (κ2) is 11.0. The highest BCUT2D eigenvalue weighted by molar-refractivity contribution is 8.00. The zero-order chi connectivity index (χ0) is 25.1. The number of rotatable bonds is 8. The second-order valence-electron chi connectivity index (χ2n) is 9.05. The van der Waals surface area contributed by atoms with Crippen LogP contribution in [0.2, 0.25) is 0 Å². The minimum Gasteiger partial charge on any atom is -0.391 e. The molecule has 2 aromatic heterocycles. The summed E-state index contributed by atoms with van der Waals surface area (Å²) in [5.41, 5.74) is 1.45. The highest BCUT2D eigenvalue weighted by Gasteiger charge is 2.29. The molecule has 0 saturated heterocycles. The summed E-state index contributed by atoms with van der Waals surface area (Å²) in [6, 6.07) is 7.55. The molecule has 8 nitrogen and oxygen atoms in total. The normalized spacial score (nSPS) is 21.8. The summed E-state index contributed by atoms with van der Waals surface area (Å²) in [6.07, 6.45) is 3.26. The zero-order valence-corrected chi connectivity index (χ0v) is 20.3. The maximum atomic E-state index is 13.9. The number of hydrogen-bond donors (Lipinski definition) is 4. The highest BCUT2D eigenvalue weighted by Crippen LogP contribution is 2.30. The SMILES string of the molecule is O=C1CSc2ccc(CNC3CC[C@H](COCNc4ccnc5c(F)cc(F)cc45)C[C@@H]3O)nc2N1. The van der Waals surface area contributed by atoms with E-state index >= 15 is 0 Å². The minimum atomic E-state index is -0.706. The van der Waals surface area contributed by atoms with Gasteiger partial charge in [-0.1, -0.05) is 0 Å². The molecule has 1 fully saturated rings. The fourth-order valence-corrected chi connectivity index (χ4v) is 5.40. The number of benzene rings is 1. The van der Waals surface area contributed by atoms with Crippen molar-refractivity contribution in [1.82, 2.24) is 15.3 Å². The van der Waals surface area contributed by atoms with E-state index in [0.717, 1.165) is 29.5 Å². The van der Waals surface area contributed by atoms with Gasteiger partial charge in [0.05, 0.1) is 29.1 Å². The van der Waals surface area contributed by atoms with E-state index in [1.165, 1.54) is 24.0 Å². The van der Waals surface area contributed by atoms with E-state index in [1.54, 1.807) is 6.07 Å². The fraction of sp³-hybridized carbons (Fsp3) is 0.400. The Morgan fingerprint density at radius 2 is 2.11 bits per heavy atom. The van der Waals surface area contributed by atoms with Crippen LogP contribution in [0, 0.1) is 17.6 Å². The minimum absolute atomic E-state index is 0.0471. The number of thioether (sulfide) groups is 1. The van der Waals surface area contributed by atoms with Gasteiger partial charge in [-0.15, -0.1) is 11.8 Å². The number of halogens is 2. The first-order chi connectivity index (χ1) is 17.5. The Kier molecular flexibility index (Phi) is 7.61. The molecule has 1 aliphatic heterocycles. The number of pyridine rings is 2. The highest BCUT2D eigenvalue weighted by atomic mass is 32.2. The number of nitrogens with one attached hydrogen (secondary N) is 3. The predicted molar refractivity (Wildman–Crippen MR) is 134 cm³/mol. The van der Waals surface area contributed by atoms with Gasteiger partial charge in [0.25, 0.3) is 0 Å². The Labute approximate surface area is 211 Å². The predicted octanol–water partition coefficient (Wildman–Crippen LogP) is 3.66. The number of aliphatic hydroxyl groups excluding tert-OH is 1. The smallest absolute Gasteiger partial charge is 0.235 e. The number of fused-ring (bicyclic) bond motifs is 2. The van der Waals surface area contributed by atoms with Crippen LogP contribution in [0.15, 0.2) is 41.4 Å². The lowest BCUT2D eigenvalue weighted by atomic mass is 9.84. The van der Waals surface area contributed by atoms with Crippen LogP contribution >= 0.6 is 11.8 Å². The Morgan fingerprint density at radius 1 is 1.22 bits per heavy atom. The van der Waals surface area contributed by atoms with Crippen LogP contribution in [0.5, 0.6) is 0 Å². The molecule has 1 saturated carbocycles. The van der Waals surface area contributed by atoms with Crippen molar-refractivity contribution < 1.29 is 23.4 Å². The van der Waals surface area contributed by atoms with E-state index in [2.05, 4.69) is 25.9 Å². The molecule has 5 rings (SSSR count). The first-order valence-electron chi connectivity index (χ1n) is 11.9. The summed E-state index contributed by atoms with van der Waals surface area (Å²) in [5.74, 6) is -0.208. The molecular weight excluding hydrogens is 488 g/mol. The van der Waals surface area contributed by atoms with Crippen molar-refractivity contribution in [2.75, 3.05) is 29.7 Å². The van der Waals surface area contributed by atoms with Gasteiger partial charge in [0, 0.05) is 35.9 Å². The van der Waals surface area contributed by atoms with Gasteiger partial charge in [-0.25, -0.2) is 13.8 Å². The number of hydrogen-bond acceptors (Lipinski definition) is 8. The third-order valence-electron chi connectivity index (χ3n) is 6.48. The van der Waals surface area contributed by atoms with Crippen LogP contribution in [0.4, 0.5) is 20.3 Å². The first kappa shape index (κ1) is 24.8. The monoisotopic (exact) mass is 515 g/mol. The first-order valence-corrected chi connectivity index (χ1v) is 12.8. The molecule has 11 heteroatoms. The van der Waals surface area contributed by atoms with Crippen molar-refractivity contribution in [3.05, 3.63) is 53.9 Å². The zero-order valence-electron chi connectivity index (χ0n) is 19.5. The molecule has 1 amide bonds. The Bertz CT molecular complexity index is 1260. The molecule has 3 aromatic rings. The molecule has 1 aliphatic carbocycles. The van der Waals surface area contributed by atoms with Gasteiger partial charge >= 0.3 is 0 Å². The summed E-state index contributed by atoms with van der Waals surface area (Å²) in [5, 5.41) is 20.3. The van der Waals surface area contributed by atoms with Gasteiger partial charge in [-0.05, 0) is 49.4 Å². The maximum Gasteiger partial charge on any atom is 0.235 e. The summed E-state index contributed by atoms with van der Waals surface area (Å²) >= 11 is 1.48. The molecule has 0 radical (unpaired) electrons. The molecule has 2 aliphatic rings. The average Bonchev–Trinajstić information content (AvgIpc) is 2.86. The van der Waals surface area contributed by atoms with Crippen molar-refractivity contribution in [3.8, 4) is 0 Å². The summed E-state index contributed by atoms with van der Waals surface area (Å²) < 4.78 is 33.3. The number of anilines is 2. The molecule has 0 spiro atoms. The average molecular weight is 516 g/mol. The fourth-order valence-electron chi connectivity index (χ4n) is 4.65. The number of aliphatic hydroxyl groups is 1. The molecule has 1 unspecified atom stereocenters. The van der Waals surface area contributed by atoms with Crippen LogP contribution in [0.25, 0.3) is 10.9 Å². The van der Waals surface area contributed by atoms with Crippen molar-refractivity contribution in [3.63, 3.8) is 0 Å². The lowest BCUT2D eigenvalue weighted by Crippen LogP contribution is -2.44. The Hall–Kier alpha value is -2.86. The summed E-state index contributed by atoms with van der Waals surface area (Å²) in [4.78, 5) is 21.1. The van der Waals surface area contributed by atoms with Crippen LogP contribution in [-0.4, -0.2) is 52.2 Å². The topological polar surface area (TPSA) is 108 Å². The standard InChI is InChI=1S/C25H27F2N5O3S/c26-15-8-17-19(5-6-28-24(17)18(27)9-15)30-13-35-11-14-1-3-20(21(33)7-14)29-10-16-2-4-22-25(31-16)32-23(34)12-36-22/h2,4-6,8-9,14,20-21,29,33H,1,3,7,10-13H2,(H,28,30)(H,31,32,34)/t14-,20?,21-/m0/s1. The molecule has 3 atom stereocenters. The van der Waals surface area contributed by atoms with Crippen LogP contribution in [-0.2, 0) is 16.1 Å². The van der Waals surface area contributed by atoms with Crippen LogP contribution in [0.1, 0.15) is 25.0 Å². The largest absolute Gasteiger partial charge is 0.391 e. The van der Waals surface area contributed by atoms with E-state index in [0.29, 0.717) is 42.2 Å². The number of amides is 1. The molecule has 36 heavy (non-hydrogen) atoms. The van der Waals surface area contributed by atoms with Gasteiger partial charge < -0.3 is 25.8 Å². The lowest BCUT2D eigenvalue weighted by molar-refractivity contribution is -0.113. The van der Waals surface area contributed by atoms with Crippen LogP contribution < -0.4 is 16.0 Å². The second-order valence-corrected chi connectivity index (χ2v) is 10.1. The van der Waals surface area contributed by atoms with Crippen LogP contribution in [0.3, 0.4) is 0 Å². The van der Waals surface area contributed by atoms with E-state index in [-0.39, 0.29) is 30.1 Å². The lowest BCUT2D eigenvalue weighted by Gasteiger charge is -2.33. The molecule has 1 aromatic carbocycles. The molecule has 190 valence electrons. The molecule has 3 heterocycles. The molecule has 4 N–H and O–H groups in total. The molecule has 0 bridgehead atoms. The van der Waals surface area contributed by atoms with E-state index in [4.69, 9.17) is 4.74 Å². The number of ether oxygens (including phenoxy) is 1. The number of carbonyl (C=O) groups excluding carboxylic acids is 1. The summed E-state index contributed by atoms with van der Waals surface area (Å²) in [7, 11) is 0. The number of nitrogens with zero attached hydrogens (tertiary/aromatic N) is 2. The summed E-state index contributed by atoms with van der Waals surface area (Å²) in [6.45, 7) is 1.14. The quantitative estimate of drug-likeness (QED) is 0.266. The van der Waals surface area contributed by atoms with Gasteiger partial charge in [-0.3, -0.25) is 9.78 Å². The van der Waals surface area contributed by atoms with E-state index in [1.807, 2.05) is 12.1 Å². The third-order valence-corrected chi connectivity index (χ3v) is 7.53. The van der Waals surface area contributed by atoms with Crippen molar-refractivity contribution >= 4 is 40.1 Å². The van der Waals surface area contributed by atoms with E-state index in [9.17, 15) is 18.7 Å². The number of aromatic nitrogens is 2. The maximum absolute atomic E-state index is 13.9. The van der Waals surface area contributed by atoms with Crippen molar-refractivity contribution in [1.29, 1.82) is 0 Å². The Morgan fingerprint density at radius 3 is 2.97 bits per heavy atom.